The summed E-state index contributed by atoms with van der Waals surface area (Å²) in [6.07, 6.45) is 0. The molecule has 0 aliphatic rings. The zero-order chi connectivity index (χ0) is 17.5. The van der Waals surface area contributed by atoms with Gasteiger partial charge in [0.05, 0.1) is 0 Å². The highest BCUT2D eigenvalue weighted by Crippen LogP contribution is 2.31. The van der Waals surface area contributed by atoms with Crippen LogP contribution in [0.25, 0.3) is 22.0 Å². The molecule has 5 heteroatoms. The van der Waals surface area contributed by atoms with Crippen LogP contribution in [0.2, 0.25) is 0 Å². The van der Waals surface area contributed by atoms with Crippen LogP contribution in [0, 0.1) is 5.41 Å². The largest absolute Gasteiger partial charge is 0.383 e. The van der Waals surface area contributed by atoms with E-state index in [1.807, 2.05) is 42.5 Å². The molecule has 0 fully saturated rings. The van der Waals surface area contributed by atoms with Crippen molar-refractivity contribution in [3.8, 4) is 11.3 Å². The lowest BCUT2D eigenvalue weighted by atomic mass is 9.97. The first-order chi connectivity index (χ1) is 11.3. The first-order valence-electron chi connectivity index (χ1n) is 7.91. The average molecular weight is 322 g/mol. The van der Waals surface area contributed by atoms with Crippen molar-refractivity contribution >= 4 is 22.5 Å². The number of nitrogen functional groups attached to an aromatic ring is 1. The van der Waals surface area contributed by atoms with Gasteiger partial charge in [-0.3, -0.25) is 4.79 Å². The van der Waals surface area contributed by atoms with E-state index in [1.165, 1.54) is 0 Å². The van der Waals surface area contributed by atoms with Crippen LogP contribution in [0.4, 0.5) is 5.82 Å². The molecule has 0 unspecified atom stereocenters. The van der Waals surface area contributed by atoms with Crippen LogP contribution in [-0.2, 0) is 6.54 Å². The van der Waals surface area contributed by atoms with Gasteiger partial charge in [-0.1, -0.05) is 57.2 Å². The molecule has 0 atom stereocenters. The normalized spacial score (nSPS) is 11.8. The van der Waals surface area contributed by atoms with Crippen molar-refractivity contribution in [2.24, 2.45) is 11.1 Å². The van der Waals surface area contributed by atoms with Crippen molar-refractivity contribution in [2.75, 3.05) is 5.73 Å². The first-order valence-corrected chi connectivity index (χ1v) is 7.91. The number of hydrogen-bond donors (Lipinski definition) is 2. The molecule has 0 saturated carbocycles. The highest BCUT2D eigenvalue weighted by Gasteiger charge is 2.24. The molecule has 3 aromatic rings. The standard InChI is InChI=1S/C19H22N4O/c1-19(2,3)11-23-17(20)15(18(21)24)16(22-23)14-9-8-12-6-4-5-7-13(12)10-14/h4-10H,11,20H2,1-3H3,(H2,21,24). The van der Waals surface area contributed by atoms with Crippen molar-refractivity contribution in [3.05, 3.63) is 48.0 Å². The molecular formula is C19H22N4O. The molecule has 5 nitrogen and oxygen atoms in total. The van der Waals surface area contributed by atoms with Crippen molar-refractivity contribution in [1.29, 1.82) is 0 Å². The molecule has 0 bridgehead atoms. The van der Waals surface area contributed by atoms with Crippen LogP contribution >= 0.6 is 0 Å². The monoisotopic (exact) mass is 322 g/mol. The van der Waals surface area contributed by atoms with E-state index in [2.05, 4.69) is 25.9 Å². The SMILES string of the molecule is CC(C)(C)Cn1nc(-c2ccc3ccccc3c2)c(C(N)=O)c1N. The van der Waals surface area contributed by atoms with Crippen LogP contribution in [0.1, 0.15) is 31.1 Å². The summed E-state index contributed by atoms with van der Waals surface area (Å²) in [7, 11) is 0. The number of nitrogens with two attached hydrogens (primary N) is 2. The molecule has 0 radical (unpaired) electrons. The number of carbonyl (C=O) groups excluding carboxylic acids is 1. The maximum atomic E-state index is 11.9. The number of primary amides is 1. The van der Waals surface area contributed by atoms with Crippen molar-refractivity contribution < 1.29 is 4.79 Å². The number of fused-ring (bicyclic) bond motifs is 1. The van der Waals surface area contributed by atoms with Gasteiger partial charge in [0, 0.05) is 12.1 Å². The fourth-order valence-electron chi connectivity index (χ4n) is 2.83. The second-order valence-corrected chi connectivity index (χ2v) is 7.25. The highest BCUT2D eigenvalue weighted by molar-refractivity contribution is 6.04. The molecule has 1 aromatic heterocycles. The Labute approximate surface area is 141 Å². The molecule has 24 heavy (non-hydrogen) atoms. The van der Waals surface area contributed by atoms with Crippen LogP contribution < -0.4 is 11.5 Å². The third-order valence-electron chi connectivity index (χ3n) is 3.89. The third kappa shape index (κ3) is 2.97. The fraction of sp³-hybridized carbons (Fsp3) is 0.263. The average Bonchev–Trinajstić information content (AvgIpc) is 2.82. The fourth-order valence-corrected chi connectivity index (χ4v) is 2.83. The Morgan fingerprint density at radius 3 is 2.42 bits per heavy atom. The van der Waals surface area contributed by atoms with Gasteiger partial charge < -0.3 is 11.5 Å². The predicted octanol–water partition coefficient (Wildman–Crippen LogP) is 3.43. The van der Waals surface area contributed by atoms with Gasteiger partial charge in [0.25, 0.3) is 5.91 Å². The van der Waals surface area contributed by atoms with Crippen LogP contribution in [0.3, 0.4) is 0 Å². The van der Waals surface area contributed by atoms with E-state index in [9.17, 15) is 4.79 Å². The lowest BCUT2D eigenvalue weighted by Crippen LogP contribution is -2.19. The minimum atomic E-state index is -0.559. The quantitative estimate of drug-likeness (QED) is 0.774. The lowest BCUT2D eigenvalue weighted by molar-refractivity contribution is 0.100. The Kier molecular flexibility index (Phi) is 3.79. The second-order valence-electron chi connectivity index (χ2n) is 7.25. The van der Waals surface area contributed by atoms with Gasteiger partial charge in [-0.05, 0) is 22.3 Å². The van der Waals surface area contributed by atoms with E-state index in [1.54, 1.807) is 4.68 Å². The van der Waals surface area contributed by atoms with Crippen LogP contribution in [-0.4, -0.2) is 15.7 Å². The molecule has 0 saturated heterocycles. The lowest BCUT2D eigenvalue weighted by Gasteiger charge is -2.18. The molecule has 1 heterocycles. The number of nitrogens with zero attached hydrogens (tertiary/aromatic N) is 2. The van der Waals surface area contributed by atoms with E-state index < -0.39 is 5.91 Å². The molecule has 0 spiro atoms. The molecule has 3 rings (SSSR count). The summed E-state index contributed by atoms with van der Waals surface area (Å²) in [5.41, 5.74) is 13.4. The number of carbonyl (C=O) groups is 1. The summed E-state index contributed by atoms with van der Waals surface area (Å²) in [6.45, 7) is 6.88. The number of amides is 1. The minimum absolute atomic E-state index is 0.0181. The second kappa shape index (κ2) is 5.67. The summed E-state index contributed by atoms with van der Waals surface area (Å²) < 4.78 is 1.67. The predicted molar refractivity (Wildman–Crippen MR) is 97.6 cm³/mol. The summed E-state index contributed by atoms with van der Waals surface area (Å²) in [5, 5.41) is 6.79. The van der Waals surface area contributed by atoms with Crippen LogP contribution in [0.5, 0.6) is 0 Å². The highest BCUT2D eigenvalue weighted by atomic mass is 16.1. The Morgan fingerprint density at radius 1 is 1.12 bits per heavy atom. The zero-order valence-corrected chi connectivity index (χ0v) is 14.2. The van der Waals surface area contributed by atoms with Crippen molar-refractivity contribution in [3.63, 3.8) is 0 Å². The van der Waals surface area contributed by atoms with E-state index in [4.69, 9.17) is 11.5 Å². The minimum Gasteiger partial charge on any atom is -0.383 e. The van der Waals surface area contributed by atoms with Crippen LogP contribution in [0.15, 0.2) is 42.5 Å². The van der Waals surface area contributed by atoms with Crippen molar-refractivity contribution in [1.82, 2.24) is 9.78 Å². The first kappa shape index (κ1) is 16.1. The Morgan fingerprint density at radius 2 is 1.79 bits per heavy atom. The van der Waals surface area contributed by atoms with Gasteiger partial charge in [-0.25, -0.2) is 4.68 Å². The van der Waals surface area contributed by atoms with Gasteiger partial charge in [0.2, 0.25) is 0 Å². The van der Waals surface area contributed by atoms with Gasteiger partial charge in [-0.2, -0.15) is 5.10 Å². The van der Waals surface area contributed by atoms with Gasteiger partial charge in [0.1, 0.15) is 17.1 Å². The maximum absolute atomic E-state index is 11.9. The van der Waals surface area contributed by atoms with E-state index >= 15 is 0 Å². The van der Waals surface area contributed by atoms with E-state index in [0.717, 1.165) is 16.3 Å². The molecular weight excluding hydrogens is 300 g/mol. The van der Waals surface area contributed by atoms with Gasteiger partial charge in [0.15, 0.2) is 0 Å². The number of hydrogen-bond acceptors (Lipinski definition) is 3. The Hall–Kier alpha value is -2.82. The number of rotatable bonds is 3. The van der Waals surface area contributed by atoms with E-state index in [0.29, 0.717) is 18.1 Å². The Bertz CT molecular complexity index is 919. The van der Waals surface area contributed by atoms with Crippen molar-refractivity contribution in [2.45, 2.75) is 27.3 Å². The molecule has 0 aliphatic heterocycles. The molecule has 4 N–H and O–H groups in total. The summed E-state index contributed by atoms with van der Waals surface area (Å²) >= 11 is 0. The molecule has 1 amide bonds. The molecule has 2 aromatic carbocycles. The third-order valence-corrected chi connectivity index (χ3v) is 3.89. The zero-order valence-electron chi connectivity index (χ0n) is 14.2. The number of anilines is 1. The molecule has 0 aliphatic carbocycles. The van der Waals surface area contributed by atoms with E-state index in [-0.39, 0.29) is 11.0 Å². The van der Waals surface area contributed by atoms with Gasteiger partial charge >= 0.3 is 0 Å². The number of aromatic nitrogens is 2. The maximum Gasteiger partial charge on any atom is 0.254 e. The number of benzene rings is 2. The van der Waals surface area contributed by atoms with Gasteiger partial charge in [-0.15, -0.1) is 0 Å². The summed E-state index contributed by atoms with van der Waals surface area (Å²) in [6, 6.07) is 14.0. The summed E-state index contributed by atoms with van der Waals surface area (Å²) in [4.78, 5) is 11.9. The topological polar surface area (TPSA) is 86.9 Å². The Balaban J connectivity index is 2.17. The molecule has 124 valence electrons. The smallest absolute Gasteiger partial charge is 0.254 e. The summed E-state index contributed by atoms with van der Waals surface area (Å²) in [5.74, 6) is -0.239.